The van der Waals surface area contributed by atoms with E-state index in [4.69, 9.17) is 4.74 Å². The largest absolute Gasteiger partial charge is 0.336 e. The van der Waals surface area contributed by atoms with Crippen LogP contribution in [0.25, 0.3) is 0 Å². The van der Waals surface area contributed by atoms with Gasteiger partial charge in [-0.25, -0.2) is 0 Å². The monoisotopic (exact) mass is 163 g/mol. The summed E-state index contributed by atoms with van der Waals surface area (Å²) in [6.45, 7) is 0.0892. The number of ether oxygens (including phenoxy) is 1. The van der Waals surface area contributed by atoms with Crippen molar-refractivity contribution < 1.29 is 9.53 Å². The van der Waals surface area contributed by atoms with Gasteiger partial charge in [0, 0.05) is 6.20 Å². The number of amides is 1. The molecule has 1 aromatic heterocycles. The third-order valence-corrected chi connectivity index (χ3v) is 1.50. The maximum Gasteiger partial charge on any atom is 0.248 e. The molecule has 1 fully saturated rings. The van der Waals surface area contributed by atoms with Gasteiger partial charge in [-0.2, -0.15) is 0 Å². The molecule has 1 saturated heterocycles. The van der Waals surface area contributed by atoms with Gasteiger partial charge in [-0.05, 0) is 12.1 Å². The van der Waals surface area contributed by atoms with Crippen LogP contribution in [0.1, 0.15) is 5.69 Å². The van der Waals surface area contributed by atoms with Crippen LogP contribution in [0.4, 0.5) is 0 Å². The number of hydrogen-bond donors (Lipinski definition) is 1. The van der Waals surface area contributed by atoms with E-state index in [9.17, 15) is 4.79 Å². The third-order valence-electron chi connectivity index (χ3n) is 1.50. The molecule has 0 aliphatic carbocycles. The van der Waals surface area contributed by atoms with Crippen molar-refractivity contribution in [3.63, 3.8) is 0 Å². The first-order valence-corrected chi connectivity index (χ1v) is 3.57. The van der Waals surface area contributed by atoms with E-state index in [0.29, 0.717) is 11.9 Å². The van der Waals surface area contributed by atoms with Crippen molar-refractivity contribution in [1.29, 1.82) is 0 Å². The van der Waals surface area contributed by atoms with Gasteiger partial charge in [-0.3, -0.25) is 9.78 Å². The van der Waals surface area contributed by atoms with Crippen molar-refractivity contribution in [2.45, 2.75) is 0 Å². The molecule has 0 saturated carbocycles. The predicted molar refractivity (Wildman–Crippen MR) is 40.7 cm³/mol. The van der Waals surface area contributed by atoms with Crippen LogP contribution in [0.15, 0.2) is 24.4 Å². The number of carbonyl (C=O) groups is 1. The van der Waals surface area contributed by atoms with E-state index in [0.717, 1.165) is 0 Å². The number of carbonyl (C=O) groups excluding carboxylic acids is 1. The Morgan fingerprint density at radius 2 is 2.42 bits per heavy atom. The molecule has 0 bridgehead atoms. The van der Waals surface area contributed by atoms with E-state index in [1.807, 2.05) is 6.07 Å². The maximum atomic E-state index is 10.7. The van der Waals surface area contributed by atoms with E-state index in [1.54, 1.807) is 18.3 Å². The molecule has 0 atom stereocenters. The summed E-state index contributed by atoms with van der Waals surface area (Å²) in [7, 11) is 0. The Morgan fingerprint density at radius 3 is 3.00 bits per heavy atom. The molecule has 2 rings (SSSR count). The van der Waals surface area contributed by atoms with E-state index in [2.05, 4.69) is 10.3 Å². The molecule has 1 aliphatic rings. The zero-order valence-electron chi connectivity index (χ0n) is 6.28. The molecule has 4 heteroatoms. The van der Waals surface area contributed by atoms with Gasteiger partial charge in [0.05, 0.1) is 5.69 Å². The zero-order chi connectivity index (χ0) is 8.39. The minimum absolute atomic E-state index is 0.0892. The van der Waals surface area contributed by atoms with Crippen LogP contribution >= 0.6 is 0 Å². The lowest BCUT2D eigenvalue weighted by Crippen LogP contribution is -2.20. The van der Waals surface area contributed by atoms with Crippen molar-refractivity contribution in [2.24, 2.45) is 0 Å². The van der Waals surface area contributed by atoms with Crippen molar-refractivity contribution in [3.05, 3.63) is 36.3 Å². The minimum Gasteiger partial charge on any atom is -0.336 e. The summed E-state index contributed by atoms with van der Waals surface area (Å²) in [5, 5.41) is 2.56. The van der Waals surface area contributed by atoms with Gasteiger partial charge < -0.3 is 10.1 Å². The standard InChI is InChI=1S/C8H7N2O2/c11-7-5-12-8(10-7)6-3-1-2-4-9-6/h1-4H,5H2,(H,10,11). The Bertz CT molecular complexity index is 286. The molecule has 2 heterocycles. The fraction of sp³-hybridized carbons (Fsp3) is 0.125. The Labute approximate surface area is 69.6 Å². The zero-order valence-corrected chi connectivity index (χ0v) is 6.28. The molecular weight excluding hydrogens is 156 g/mol. The first kappa shape index (κ1) is 7.24. The van der Waals surface area contributed by atoms with Gasteiger partial charge in [0.15, 0.2) is 0 Å². The second kappa shape index (κ2) is 2.91. The number of nitrogens with zero attached hydrogens (tertiary/aromatic N) is 1. The van der Waals surface area contributed by atoms with Crippen LogP contribution < -0.4 is 5.32 Å². The summed E-state index contributed by atoms with van der Waals surface area (Å²) in [4.78, 5) is 14.8. The lowest BCUT2D eigenvalue weighted by atomic mass is 10.3. The quantitative estimate of drug-likeness (QED) is 0.637. The molecule has 1 N–H and O–H groups in total. The normalized spacial score (nSPS) is 17.8. The van der Waals surface area contributed by atoms with Crippen LogP contribution in [0.3, 0.4) is 0 Å². The van der Waals surface area contributed by atoms with Gasteiger partial charge in [-0.1, -0.05) is 6.07 Å². The molecule has 1 aromatic rings. The van der Waals surface area contributed by atoms with Crippen molar-refractivity contribution in [2.75, 3.05) is 6.61 Å². The summed E-state index contributed by atoms with van der Waals surface area (Å²) < 4.78 is 5.04. The summed E-state index contributed by atoms with van der Waals surface area (Å²) in [5.74, 6) is -0.129. The molecule has 61 valence electrons. The van der Waals surface area contributed by atoms with Gasteiger partial charge in [0.25, 0.3) is 0 Å². The highest BCUT2D eigenvalue weighted by Crippen LogP contribution is 2.13. The van der Waals surface area contributed by atoms with Crippen LogP contribution in [0.2, 0.25) is 0 Å². The maximum absolute atomic E-state index is 10.7. The molecule has 4 nitrogen and oxygen atoms in total. The van der Waals surface area contributed by atoms with E-state index >= 15 is 0 Å². The second-order valence-corrected chi connectivity index (χ2v) is 2.38. The van der Waals surface area contributed by atoms with Gasteiger partial charge in [0.1, 0.15) is 6.61 Å². The summed E-state index contributed by atoms with van der Waals surface area (Å²) in [6, 6.07) is 5.42. The Hall–Kier alpha value is -1.42. The molecule has 1 aliphatic heterocycles. The van der Waals surface area contributed by atoms with E-state index < -0.39 is 0 Å². The molecule has 1 radical (unpaired) electrons. The van der Waals surface area contributed by atoms with Crippen molar-refractivity contribution in [1.82, 2.24) is 10.3 Å². The highest BCUT2D eigenvalue weighted by molar-refractivity contribution is 5.81. The number of nitrogens with one attached hydrogen (secondary N) is 1. The second-order valence-electron chi connectivity index (χ2n) is 2.38. The number of hydrogen-bond acceptors (Lipinski definition) is 3. The van der Waals surface area contributed by atoms with Crippen LogP contribution in [-0.4, -0.2) is 17.5 Å². The van der Waals surface area contributed by atoms with Gasteiger partial charge in [0.2, 0.25) is 12.1 Å². The SMILES string of the molecule is O=C1CO[C](c2ccccn2)N1. The van der Waals surface area contributed by atoms with Crippen molar-refractivity contribution >= 4 is 5.91 Å². The van der Waals surface area contributed by atoms with Gasteiger partial charge >= 0.3 is 0 Å². The predicted octanol–water partition coefficient (Wildman–Crippen LogP) is 0.0656. The van der Waals surface area contributed by atoms with Crippen molar-refractivity contribution in [3.8, 4) is 0 Å². The summed E-state index contributed by atoms with van der Waals surface area (Å²) in [5.41, 5.74) is 0.656. The van der Waals surface area contributed by atoms with Crippen LogP contribution in [0, 0.1) is 6.23 Å². The first-order valence-electron chi connectivity index (χ1n) is 3.57. The molecule has 12 heavy (non-hydrogen) atoms. The van der Waals surface area contributed by atoms with Gasteiger partial charge in [-0.15, -0.1) is 0 Å². The summed E-state index contributed by atoms with van der Waals surface area (Å²) >= 11 is 0. The average Bonchev–Trinajstić information content (AvgIpc) is 2.54. The Balaban J connectivity index is 2.16. The topological polar surface area (TPSA) is 51.2 Å². The fourth-order valence-corrected chi connectivity index (χ4v) is 0.972. The average molecular weight is 163 g/mol. The van der Waals surface area contributed by atoms with E-state index in [1.165, 1.54) is 0 Å². The van der Waals surface area contributed by atoms with Crippen LogP contribution in [0.5, 0.6) is 0 Å². The third kappa shape index (κ3) is 1.29. The van der Waals surface area contributed by atoms with Crippen LogP contribution in [-0.2, 0) is 9.53 Å². The smallest absolute Gasteiger partial charge is 0.248 e. The molecular formula is C8H7N2O2. The van der Waals surface area contributed by atoms with E-state index in [-0.39, 0.29) is 12.5 Å². The molecule has 1 amide bonds. The number of rotatable bonds is 1. The molecule has 0 aromatic carbocycles. The first-order chi connectivity index (χ1) is 5.86. The fourth-order valence-electron chi connectivity index (χ4n) is 0.972. The number of pyridine rings is 1. The minimum atomic E-state index is -0.129. The highest BCUT2D eigenvalue weighted by atomic mass is 16.5. The lowest BCUT2D eigenvalue weighted by molar-refractivity contribution is -0.119. The number of aromatic nitrogens is 1. The lowest BCUT2D eigenvalue weighted by Gasteiger charge is -2.04. The molecule has 0 unspecified atom stereocenters. The highest BCUT2D eigenvalue weighted by Gasteiger charge is 2.25. The Kier molecular flexibility index (Phi) is 1.75. The Morgan fingerprint density at radius 1 is 1.50 bits per heavy atom. The molecule has 0 spiro atoms. The summed E-state index contributed by atoms with van der Waals surface area (Å²) in [6.07, 6.45) is 2.09.